The second-order valence-electron chi connectivity index (χ2n) is 6.53. The van der Waals surface area contributed by atoms with Gasteiger partial charge in [0.05, 0.1) is 6.04 Å². The van der Waals surface area contributed by atoms with Gasteiger partial charge in [-0.2, -0.15) is 0 Å². The monoisotopic (exact) mass is 311 g/mol. The van der Waals surface area contributed by atoms with Gasteiger partial charge in [0.2, 0.25) is 0 Å². The van der Waals surface area contributed by atoms with Crippen LogP contribution in [0.4, 0.5) is 4.79 Å². The maximum absolute atomic E-state index is 11.9. The van der Waals surface area contributed by atoms with E-state index in [0.29, 0.717) is 6.04 Å². The van der Waals surface area contributed by atoms with E-state index in [4.69, 9.17) is 4.74 Å². The van der Waals surface area contributed by atoms with Crippen molar-refractivity contribution in [2.24, 2.45) is 0 Å². The highest BCUT2D eigenvalue weighted by molar-refractivity contribution is 7.09. The molecule has 0 saturated carbocycles. The van der Waals surface area contributed by atoms with E-state index in [1.807, 2.05) is 32.3 Å². The van der Waals surface area contributed by atoms with Gasteiger partial charge in [0.15, 0.2) is 0 Å². The number of rotatable bonds is 3. The van der Waals surface area contributed by atoms with Crippen molar-refractivity contribution in [2.75, 3.05) is 13.1 Å². The fourth-order valence-electron chi connectivity index (χ4n) is 2.55. The second kappa shape index (κ2) is 6.75. The van der Waals surface area contributed by atoms with Gasteiger partial charge in [-0.3, -0.25) is 4.90 Å². The summed E-state index contributed by atoms with van der Waals surface area (Å²) in [4.78, 5) is 18.6. The number of carbonyl (C=O) groups excluding carboxylic acids is 1. The molecule has 1 aliphatic rings. The first-order valence-electron chi connectivity index (χ1n) is 7.48. The Morgan fingerprint density at radius 2 is 2.33 bits per heavy atom. The number of nitrogens with zero attached hydrogens (tertiary/aromatic N) is 2. The number of amides is 1. The molecule has 0 aliphatic carbocycles. The summed E-state index contributed by atoms with van der Waals surface area (Å²) in [5.41, 5.74) is -0.452. The molecule has 0 unspecified atom stereocenters. The third-order valence-electron chi connectivity index (χ3n) is 3.53. The lowest BCUT2D eigenvalue weighted by molar-refractivity contribution is 0.0458. The number of likely N-dealkylation sites (tertiary alicyclic amines) is 1. The number of ether oxygens (including phenoxy) is 1. The van der Waals surface area contributed by atoms with Crippen LogP contribution in [-0.4, -0.2) is 40.7 Å². The highest BCUT2D eigenvalue weighted by Gasteiger charge is 2.27. The highest BCUT2D eigenvalue weighted by Crippen LogP contribution is 2.25. The zero-order chi connectivity index (χ0) is 15.5. The van der Waals surface area contributed by atoms with Gasteiger partial charge in [-0.15, -0.1) is 11.3 Å². The van der Waals surface area contributed by atoms with Gasteiger partial charge in [-0.05, 0) is 47.1 Å². The molecule has 0 bridgehead atoms. The van der Waals surface area contributed by atoms with Crippen LogP contribution in [-0.2, 0) is 4.74 Å². The molecule has 118 valence electrons. The van der Waals surface area contributed by atoms with Crippen molar-refractivity contribution in [3.63, 3.8) is 0 Å². The second-order valence-corrected chi connectivity index (χ2v) is 7.45. The average molecular weight is 311 g/mol. The molecule has 2 atom stereocenters. The Labute approximate surface area is 130 Å². The van der Waals surface area contributed by atoms with Crippen molar-refractivity contribution in [1.82, 2.24) is 15.2 Å². The number of hydrogen-bond donors (Lipinski definition) is 1. The van der Waals surface area contributed by atoms with E-state index in [0.717, 1.165) is 30.9 Å². The number of carbonyl (C=O) groups is 1. The molecule has 0 spiro atoms. The summed E-state index contributed by atoms with van der Waals surface area (Å²) in [6, 6.07) is 0.448. The largest absolute Gasteiger partial charge is 0.444 e. The minimum atomic E-state index is -0.452. The van der Waals surface area contributed by atoms with Gasteiger partial charge in [-0.1, -0.05) is 0 Å². The van der Waals surface area contributed by atoms with E-state index >= 15 is 0 Å². The number of piperidine rings is 1. The van der Waals surface area contributed by atoms with E-state index in [-0.39, 0.29) is 12.1 Å². The first-order chi connectivity index (χ1) is 9.85. The molecule has 1 aliphatic heterocycles. The fourth-order valence-corrected chi connectivity index (χ4v) is 3.28. The normalized spacial score (nSPS) is 21.8. The first-order valence-corrected chi connectivity index (χ1v) is 8.36. The number of hydrogen-bond acceptors (Lipinski definition) is 5. The molecule has 1 fully saturated rings. The molecule has 1 saturated heterocycles. The number of thiazole rings is 1. The van der Waals surface area contributed by atoms with Gasteiger partial charge >= 0.3 is 6.09 Å². The maximum Gasteiger partial charge on any atom is 0.407 e. The number of alkyl carbamates (subject to hydrolysis) is 1. The molecule has 1 amide bonds. The smallest absolute Gasteiger partial charge is 0.407 e. The molecule has 2 rings (SSSR count). The predicted molar refractivity (Wildman–Crippen MR) is 84.5 cm³/mol. The SMILES string of the molecule is C[C@H](c1nccs1)N1CCC[C@@H](NC(=O)OC(C)(C)C)C1. The summed E-state index contributed by atoms with van der Waals surface area (Å²) in [5, 5.41) is 6.12. The van der Waals surface area contributed by atoms with Crippen LogP contribution in [0.3, 0.4) is 0 Å². The van der Waals surface area contributed by atoms with Crippen LogP contribution in [0.15, 0.2) is 11.6 Å². The Kier molecular flexibility index (Phi) is 5.22. The molecule has 6 heteroatoms. The lowest BCUT2D eigenvalue weighted by atomic mass is 10.0. The number of nitrogens with one attached hydrogen (secondary N) is 1. The lowest BCUT2D eigenvalue weighted by Crippen LogP contribution is -2.49. The summed E-state index contributed by atoms with van der Waals surface area (Å²) < 4.78 is 5.33. The van der Waals surface area contributed by atoms with Crippen LogP contribution in [0, 0.1) is 0 Å². The van der Waals surface area contributed by atoms with Crippen molar-refractivity contribution in [1.29, 1.82) is 0 Å². The standard InChI is InChI=1S/C15H25N3O2S/c1-11(13-16-7-9-21-13)18-8-5-6-12(10-18)17-14(19)20-15(2,3)4/h7,9,11-12H,5-6,8,10H2,1-4H3,(H,17,19)/t11-,12-/m1/s1. The highest BCUT2D eigenvalue weighted by atomic mass is 32.1. The Morgan fingerprint density at radius 1 is 1.57 bits per heavy atom. The van der Waals surface area contributed by atoms with Crippen molar-refractivity contribution in [2.45, 2.75) is 58.2 Å². The van der Waals surface area contributed by atoms with Gasteiger partial charge < -0.3 is 10.1 Å². The average Bonchev–Trinajstić information content (AvgIpc) is 2.89. The van der Waals surface area contributed by atoms with E-state index in [1.165, 1.54) is 0 Å². The minimum Gasteiger partial charge on any atom is -0.444 e. The first kappa shape index (κ1) is 16.2. The summed E-state index contributed by atoms with van der Waals surface area (Å²) >= 11 is 1.68. The quantitative estimate of drug-likeness (QED) is 0.931. The predicted octanol–water partition coefficient (Wildman–Crippen LogP) is 3.19. The molecule has 1 aromatic rings. The fraction of sp³-hybridized carbons (Fsp3) is 0.733. The topological polar surface area (TPSA) is 54.5 Å². The molecule has 2 heterocycles. The molecular weight excluding hydrogens is 286 g/mol. The van der Waals surface area contributed by atoms with Gasteiger partial charge in [-0.25, -0.2) is 9.78 Å². The summed E-state index contributed by atoms with van der Waals surface area (Å²) in [5.74, 6) is 0. The molecule has 5 nitrogen and oxygen atoms in total. The Hall–Kier alpha value is -1.14. The Balaban J connectivity index is 1.87. The van der Waals surface area contributed by atoms with Crippen LogP contribution in [0.25, 0.3) is 0 Å². The maximum atomic E-state index is 11.9. The summed E-state index contributed by atoms with van der Waals surface area (Å²) in [6.07, 6.45) is 3.60. The Morgan fingerprint density at radius 3 is 2.95 bits per heavy atom. The molecule has 21 heavy (non-hydrogen) atoms. The van der Waals surface area contributed by atoms with Gasteiger partial charge in [0.25, 0.3) is 0 Å². The van der Waals surface area contributed by atoms with Crippen molar-refractivity contribution in [3.05, 3.63) is 16.6 Å². The van der Waals surface area contributed by atoms with Crippen molar-refractivity contribution in [3.8, 4) is 0 Å². The third kappa shape index (κ3) is 4.97. The van der Waals surface area contributed by atoms with Crippen molar-refractivity contribution >= 4 is 17.4 Å². The number of aromatic nitrogens is 1. The summed E-state index contributed by atoms with van der Waals surface area (Å²) in [7, 11) is 0. The summed E-state index contributed by atoms with van der Waals surface area (Å²) in [6.45, 7) is 9.71. The third-order valence-corrected chi connectivity index (χ3v) is 4.48. The molecule has 0 radical (unpaired) electrons. The minimum absolute atomic E-state index is 0.149. The zero-order valence-electron chi connectivity index (χ0n) is 13.3. The van der Waals surface area contributed by atoms with E-state index < -0.39 is 5.60 Å². The molecule has 1 N–H and O–H groups in total. The molecule has 0 aromatic carbocycles. The van der Waals surface area contributed by atoms with Crippen LogP contribution in [0.2, 0.25) is 0 Å². The lowest BCUT2D eigenvalue weighted by Gasteiger charge is -2.36. The van der Waals surface area contributed by atoms with E-state index in [9.17, 15) is 4.79 Å². The van der Waals surface area contributed by atoms with Crippen LogP contribution < -0.4 is 5.32 Å². The molecule has 1 aromatic heterocycles. The van der Waals surface area contributed by atoms with Crippen LogP contribution in [0.1, 0.15) is 51.6 Å². The molecular formula is C15H25N3O2S. The van der Waals surface area contributed by atoms with Crippen LogP contribution >= 0.6 is 11.3 Å². The Bertz CT molecular complexity index is 456. The van der Waals surface area contributed by atoms with Crippen molar-refractivity contribution < 1.29 is 9.53 Å². The van der Waals surface area contributed by atoms with Gasteiger partial charge in [0, 0.05) is 24.2 Å². The van der Waals surface area contributed by atoms with E-state index in [2.05, 4.69) is 22.1 Å². The zero-order valence-corrected chi connectivity index (χ0v) is 14.1. The van der Waals surface area contributed by atoms with Crippen LogP contribution in [0.5, 0.6) is 0 Å². The van der Waals surface area contributed by atoms with Gasteiger partial charge in [0.1, 0.15) is 10.6 Å². The van der Waals surface area contributed by atoms with E-state index in [1.54, 1.807) is 11.3 Å².